The average molecular weight is 208 g/mol. The third-order valence-electron chi connectivity index (χ3n) is 2.76. The molecule has 0 aromatic heterocycles. The molecule has 80 valence electrons. The molecule has 0 aliphatic rings. The Morgan fingerprint density at radius 3 is 2.44 bits per heavy atom. The lowest BCUT2D eigenvalue weighted by molar-refractivity contribution is 1.50. The van der Waals surface area contributed by atoms with E-state index in [1.165, 1.54) is 27.5 Å². The summed E-state index contributed by atoms with van der Waals surface area (Å²) in [6, 6.07) is 10.9. The number of allylic oxidation sites excluding steroid dienone is 1. The number of aryl methyl sites for hydroxylation is 1. The van der Waals surface area contributed by atoms with E-state index in [0.29, 0.717) is 0 Å². The summed E-state index contributed by atoms with van der Waals surface area (Å²) in [7, 11) is 0. The van der Waals surface area contributed by atoms with Crippen LogP contribution in [-0.2, 0) is 0 Å². The minimum Gasteiger partial charge on any atom is -0.0984 e. The van der Waals surface area contributed by atoms with Crippen molar-refractivity contribution < 1.29 is 0 Å². The quantitative estimate of drug-likeness (QED) is 0.663. The highest BCUT2D eigenvalue weighted by Gasteiger charge is 2.00. The summed E-state index contributed by atoms with van der Waals surface area (Å²) >= 11 is 0. The molecule has 0 radical (unpaired) electrons. The smallest absolute Gasteiger partial charge is 0.0175 e. The van der Waals surface area contributed by atoms with Gasteiger partial charge in [-0.2, -0.15) is 0 Å². The lowest BCUT2D eigenvalue weighted by Gasteiger charge is -2.05. The van der Waals surface area contributed by atoms with Crippen molar-refractivity contribution in [1.82, 2.24) is 0 Å². The fraction of sp³-hybridized carbons (Fsp3) is 0.125. The molecule has 0 spiro atoms. The lowest BCUT2D eigenvalue weighted by atomic mass is 9.99. The van der Waals surface area contributed by atoms with E-state index in [0.717, 1.165) is 0 Å². The number of hydrogen-bond acceptors (Lipinski definition) is 0. The molecule has 2 aromatic rings. The molecule has 0 amide bonds. The molecule has 2 rings (SSSR count). The number of hydrogen-bond donors (Lipinski definition) is 0. The summed E-state index contributed by atoms with van der Waals surface area (Å²) in [6.07, 6.45) is 6.09. The van der Waals surface area contributed by atoms with E-state index in [9.17, 15) is 0 Å². The minimum atomic E-state index is 1.19. The molecule has 0 saturated heterocycles. The van der Waals surface area contributed by atoms with Gasteiger partial charge in [-0.3, -0.25) is 0 Å². The van der Waals surface area contributed by atoms with Crippen molar-refractivity contribution in [3.63, 3.8) is 0 Å². The van der Waals surface area contributed by atoms with Crippen LogP contribution >= 0.6 is 0 Å². The van der Waals surface area contributed by atoms with Crippen molar-refractivity contribution in [1.29, 1.82) is 0 Å². The van der Waals surface area contributed by atoms with Crippen molar-refractivity contribution >= 4 is 22.9 Å². The Morgan fingerprint density at radius 1 is 1.00 bits per heavy atom. The molecule has 0 unspecified atom stereocenters. The van der Waals surface area contributed by atoms with Crippen LogP contribution in [0.4, 0.5) is 0 Å². The summed E-state index contributed by atoms with van der Waals surface area (Å²) in [5, 5.41) is 2.56. The predicted octanol–water partition coefficient (Wildman–Crippen LogP) is 4.82. The van der Waals surface area contributed by atoms with E-state index in [1.54, 1.807) is 0 Å². The minimum absolute atomic E-state index is 1.19. The van der Waals surface area contributed by atoms with Crippen molar-refractivity contribution in [3.8, 4) is 0 Å². The summed E-state index contributed by atoms with van der Waals surface area (Å²) in [5.41, 5.74) is 3.71. The summed E-state index contributed by atoms with van der Waals surface area (Å²) in [4.78, 5) is 0. The van der Waals surface area contributed by atoms with Gasteiger partial charge in [0.1, 0.15) is 0 Å². The molecular formula is C16H16. The maximum atomic E-state index is 3.87. The van der Waals surface area contributed by atoms with Crippen LogP contribution in [0.5, 0.6) is 0 Å². The molecular weight excluding hydrogens is 192 g/mol. The van der Waals surface area contributed by atoms with Crippen LogP contribution in [0.15, 0.2) is 43.0 Å². The van der Waals surface area contributed by atoms with E-state index in [1.807, 2.05) is 13.0 Å². The molecule has 2 aromatic carbocycles. The van der Waals surface area contributed by atoms with E-state index in [2.05, 4.69) is 56.0 Å². The van der Waals surface area contributed by atoms with Gasteiger partial charge >= 0.3 is 0 Å². The van der Waals surface area contributed by atoms with Crippen molar-refractivity contribution in [2.45, 2.75) is 13.8 Å². The van der Waals surface area contributed by atoms with Crippen molar-refractivity contribution in [2.24, 2.45) is 0 Å². The van der Waals surface area contributed by atoms with E-state index < -0.39 is 0 Å². The molecule has 0 fully saturated rings. The van der Waals surface area contributed by atoms with Crippen LogP contribution < -0.4 is 0 Å². The van der Waals surface area contributed by atoms with Crippen LogP contribution in [0, 0.1) is 6.92 Å². The van der Waals surface area contributed by atoms with Gasteiger partial charge in [-0.15, -0.1) is 0 Å². The fourth-order valence-corrected chi connectivity index (χ4v) is 1.95. The van der Waals surface area contributed by atoms with Crippen LogP contribution in [0.3, 0.4) is 0 Å². The number of fused-ring (bicyclic) bond motifs is 1. The normalized spacial score (nSPS) is 11.1. The first kappa shape index (κ1) is 10.7. The molecule has 0 aliphatic carbocycles. The summed E-state index contributed by atoms with van der Waals surface area (Å²) in [5.74, 6) is 0. The molecule has 0 aliphatic heterocycles. The predicted molar refractivity (Wildman–Crippen MR) is 73.5 cm³/mol. The molecule has 0 saturated carbocycles. The van der Waals surface area contributed by atoms with Gasteiger partial charge in [0.05, 0.1) is 0 Å². The van der Waals surface area contributed by atoms with E-state index in [-0.39, 0.29) is 0 Å². The molecule has 0 nitrogen and oxygen atoms in total. The average Bonchev–Trinajstić information content (AvgIpc) is 2.29. The fourth-order valence-electron chi connectivity index (χ4n) is 1.95. The molecule has 0 heterocycles. The second kappa shape index (κ2) is 4.36. The highest BCUT2D eigenvalue weighted by Crippen LogP contribution is 2.23. The van der Waals surface area contributed by atoms with Crippen LogP contribution in [0.1, 0.15) is 23.6 Å². The Labute approximate surface area is 96.9 Å². The lowest BCUT2D eigenvalue weighted by Crippen LogP contribution is -1.83. The number of benzene rings is 2. The van der Waals surface area contributed by atoms with E-state index >= 15 is 0 Å². The Balaban J connectivity index is 2.74. The van der Waals surface area contributed by atoms with Crippen molar-refractivity contribution in [3.05, 3.63) is 59.7 Å². The van der Waals surface area contributed by atoms with Gasteiger partial charge in [-0.1, -0.05) is 48.6 Å². The van der Waals surface area contributed by atoms with Gasteiger partial charge in [-0.25, -0.2) is 0 Å². The maximum absolute atomic E-state index is 3.87. The summed E-state index contributed by atoms with van der Waals surface area (Å²) in [6.45, 7) is 8.02. The van der Waals surface area contributed by atoms with Gasteiger partial charge < -0.3 is 0 Å². The van der Waals surface area contributed by atoms with Crippen molar-refractivity contribution in [2.75, 3.05) is 0 Å². The molecule has 16 heavy (non-hydrogen) atoms. The van der Waals surface area contributed by atoms with Gasteiger partial charge in [0, 0.05) is 0 Å². The second-order valence-electron chi connectivity index (χ2n) is 4.04. The van der Waals surface area contributed by atoms with Crippen LogP contribution in [-0.4, -0.2) is 0 Å². The van der Waals surface area contributed by atoms with Gasteiger partial charge in [0.25, 0.3) is 0 Å². The molecule has 0 heteroatoms. The van der Waals surface area contributed by atoms with Crippen LogP contribution in [0.25, 0.3) is 22.9 Å². The summed E-state index contributed by atoms with van der Waals surface area (Å²) < 4.78 is 0. The van der Waals surface area contributed by atoms with Gasteiger partial charge in [0.2, 0.25) is 0 Å². The Morgan fingerprint density at radius 2 is 1.75 bits per heavy atom. The zero-order valence-corrected chi connectivity index (χ0v) is 9.83. The number of rotatable bonds is 2. The Bertz CT molecular complexity index is 560. The first-order valence-corrected chi connectivity index (χ1v) is 5.54. The molecule has 0 bridgehead atoms. The molecule has 0 N–H and O–H groups in total. The topological polar surface area (TPSA) is 0 Å². The monoisotopic (exact) mass is 208 g/mol. The van der Waals surface area contributed by atoms with Gasteiger partial charge in [0.15, 0.2) is 0 Å². The third-order valence-corrected chi connectivity index (χ3v) is 2.76. The third kappa shape index (κ3) is 1.92. The van der Waals surface area contributed by atoms with Gasteiger partial charge in [-0.05, 0) is 47.9 Å². The Kier molecular flexibility index (Phi) is 2.91. The highest BCUT2D eigenvalue weighted by molar-refractivity contribution is 5.88. The zero-order chi connectivity index (χ0) is 11.5. The highest BCUT2D eigenvalue weighted by atomic mass is 14.0. The largest absolute Gasteiger partial charge is 0.0984 e. The zero-order valence-electron chi connectivity index (χ0n) is 9.83. The second-order valence-corrected chi connectivity index (χ2v) is 4.04. The first-order valence-electron chi connectivity index (χ1n) is 5.54. The first-order chi connectivity index (χ1) is 7.74. The standard InChI is InChI=1S/C16H16/c1-4-6-14-11-15-8-7-12(3)9-16(15)10-13(14)5-2/h4-11H,2H2,1,3H3/b6-4-. The Hall–Kier alpha value is -1.82. The van der Waals surface area contributed by atoms with Crippen LogP contribution in [0.2, 0.25) is 0 Å². The van der Waals surface area contributed by atoms with E-state index in [4.69, 9.17) is 0 Å². The molecule has 0 atom stereocenters. The maximum Gasteiger partial charge on any atom is -0.0175 e. The SMILES string of the molecule is C=Cc1cc2cc(C)ccc2cc1/C=C\C.